The number of nitrogens with zero attached hydrogens (tertiary/aromatic N) is 1. The van der Waals surface area contributed by atoms with Gasteiger partial charge in [0.1, 0.15) is 5.82 Å². The van der Waals surface area contributed by atoms with Gasteiger partial charge in [-0.3, -0.25) is 4.79 Å². The Bertz CT molecular complexity index is 381. The molecule has 0 radical (unpaired) electrons. The second-order valence-electron chi connectivity index (χ2n) is 2.99. The quantitative estimate of drug-likeness (QED) is 0.632. The molecular formula is C9H9F3N2O2S. The summed E-state index contributed by atoms with van der Waals surface area (Å²) < 4.78 is 36.6. The summed E-state index contributed by atoms with van der Waals surface area (Å²) >= 11 is 1.09. The normalized spacial score (nSPS) is 11.2. The summed E-state index contributed by atoms with van der Waals surface area (Å²) in [6.45, 7) is 0. The van der Waals surface area contributed by atoms with E-state index in [-0.39, 0.29) is 17.4 Å². The summed E-state index contributed by atoms with van der Waals surface area (Å²) in [5.74, 6) is -0.480. The average molecular weight is 266 g/mol. The fraction of sp³-hybridized carbons (Fsp3) is 0.333. The molecule has 4 nitrogen and oxygen atoms in total. The third-order valence-corrected chi connectivity index (χ3v) is 2.47. The fourth-order valence-electron chi connectivity index (χ4n) is 0.929. The van der Waals surface area contributed by atoms with E-state index in [2.05, 4.69) is 10.3 Å². The SMILES string of the molecule is O=C(O)CSCNc1ccc(C(F)(F)F)cn1. The molecule has 1 rings (SSSR count). The van der Waals surface area contributed by atoms with Crippen molar-refractivity contribution in [2.45, 2.75) is 6.18 Å². The Hall–Kier alpha value is -1.44. The highest BCUT2D eigenvalue weighted by Crippen LogP contribution is 2.28. The summed E-state index contributed by atoms with van der Waals surface area (Å²) in [7, 11) is 0. The van der Waals surface area contributed by atoms with Crippen LogP contribution in [0.5, 0.6) is 0 Å². The molecular weight excluding hydrogens is 257 g/mol. The van der Waals surface area contributed by atoms with Crippen LogP contribution in [0.4, 0.5) is 19.0 Å². The number of halogens is 3. The van der Waals surface area contributed by atoms with Crippen LogP contribution in [0.1, 0.15) is 5.56 Å². The smallest absolute Gasteiger partial charge is 0.417 e. The van der Waals surface area contributed by atoms with Gasteiger partial charge in [0, 0.05) is 6.20 Å². The molecule has 0 atom stereocenters. The molecule has 1 heterocycles. The van der Waals surface area contributed by atoms with Gasteiger partial charge in [-0.25, -0.2) is 4.98 Å². The van der Waals surface area contributed by atoms with E-state index in [1.165, 1.54) is 6.07 Å². The number of hydrogen-bond donors (Lipinski definition) is 2. The van der Waals surface area contributed by atoms with Crippen LogP contribution in [0.25, 0.3) is 0 Å². The number of anilines is 1. The molecule has 0 amide bonds. The minimum atomic E-state index is -4.40. The first-order valence-corrected chi connectivity index (χ1v) is 5.61. The molecule has 94 valence electrons. The van der Waals surface area contributed by atoms with Gasteiger partial charge >= 0.3 is 12.1 Å². The van der Waals surface area contributed by atoms with E-state index >= 15 is 0 Å². The second-order valence-corrected chi connectivity index (χ2v) is 3.98. The summed E-state index contributed by atoms with van der Waals surface area (Å²) in [6, 6.07) is 2.11. The van der Waals surface area contributed by atoms with E-state index in [1.807, 2.05) is 0 Å². The number of aliphatic carboxylic acids is 1. The van der Waals surface area contributed by atoms with Crippen molar-refractivity contribution < 1.29 is 23.1 Å². The molecule has 1 aromatic heterocycles. The molecule has 1 aromatic rings. The zero-order chi connectivity index (χ0) is 12.9. The van der Waals surface area contributed by atoms with Gasteiger partial charge in [-0.05, 0) is 12.1 Å². The molecule has 0 saturated carbocycles. The lowest BCUT2D eigenvalue weighted by Crippen LogP contribution is -2.07. The van der Waals surface area contributed by atoms with E-state index in [0.717, 1.165) is 24.0 Å². The predicted molar refractivity (Wildman–Crippen MR) is 57.8 cm³/mol. The summed E-state index contributed by atoms with van der Waals surface area (Å²) in [5, 5.41) is 11.0. The molecule has 8 heteroatoms. The predicted octanol–water partition coefficient (Wildman–Crippen LogP) is 2.29. The van der Waals surface area contributed by atoms with Crippen LogP contribution in [-0.2, 0) is 11.0 Å². The van der Waals surface area contributed by atoms with Gasteiger partial charge in [-0.1, -0.05) is 0 Å². The van der Waals surface area contributed by atoms with Crippen molar-refractivity contribution in [1.29, 1.82) is 0 Å². The van der Waals surface area contributed by atoms with Crippen molar-refractivity contribution >= 4 is 23.5 Å². The van der Waals surface area contributed by atoms with Crippen LogP contribution in [0.3, 0.4) is 0 Å². The number of hydrogen-bond acceptors (Lipinski definition) is 4. The minimum Gasteiger partial charge on any atom is -0.481 e. The number of nitrogens with one attached hydrogen (secondary N) is 1. The molecule has 0 aromatic carbocycles. The van der Waals surface area contributed by atoms with Gasteiger partial charge in [0.2, 0.25) is 0 Å². The first-order valence-electron chi connectivity index (χ1n) is 4.46. The lowest BCUT2D eigenvalue weighted by Gasteiger charge is -2.07. The average Bonchev–Trinajstić information content (AvgIpc) is 2.23. The van der Waals surface area contributed by atoms with Crippen LogP contribution in [0.2, 0.25) is 0 Å². The van der Waals surface area contributed by atoms with Crippen LogP contribution in [-0.4, -0.2) is 27.7 Å². The standard InChI is InChI=1S/C9H9F3N2O2S/c10-9(11,12)6-1-2-7(13-3-6)14-5-17-4-8(15)16/h1-3H,4-5H2,(H,13,14)(H,15,16). The molecule has 0 aliphatic heterocycles. The van der Waals surface area contributed by atoms with Gasteiger partial charge in [0.05, 0.1) is 17.2 Å². The largest absolute Gasteiger partial charge is 0.481 e. The zero-order valence-corrected chi connectivity index (χ0v) is 9.31. The number of pyridine rings is 1. The van der Waals surface area contributed by atoms with Crippen molar-refractivity contribution in [3.63, 3.8) is 0 Å². The maximum atomic E-state index is 12.2. The van der Waals surface area contributed by atoms with Crippen molar-refractivity contribution in [2.24, 2.45) is 0 Å². The van der Waals surface area contributed by atoms with Gasteiger partial charge in [-0.15, -0.1) is 11.8 Å². The van der Waals surface area contributed by atoms with Crippen LogP contribution in [0, 0.1) is 0 Å². The Kier molecular flexibility index (Phi) is 4.62. The molecule has 2 N–H and O–H groups in total. The van der Waals surface area contributed by atoms with Gasteiger partial charge < -0.3 is 10.4 Å². The van der Waals surface area contributed by atoms with E-state index in [4.69, 9.17) is 5.11 Å². The van der Waals surface area contributed by atoms with E-state index in [0.29, 0.717) is 0 Å². The monoisotopic (exact) mass is 266 g/mol. The van der Waals surface area contributed by atoms with E-state index < -0.39 is 17.7 Å². The molecule has 0 unspecified atom stereocenters. The Balaban J connectivity index is 2.43. The number of carbonyl (C=O) groups is 1. The van der Waals surface area contributed by atoms with Crippen molar-refractivity contribution in [3.05, 3.63) is 23.9 Å². The fourth-order valence-corrected chi connectivity index (χ4v) is 1.46. The first-order chi connectivity index (χ1) is 7.89. The Morgan fingerprint density at radius 3 is 2.65 bits per heavy atom. The Labute approximate surface area is 99.2 Å². The molecule has 0 aliphatic rings. The molecule has 17 heavy (non-hydrogen) atoms. The first kappa shape index (κ1) is 13.6. The van der Waals surface area contributed by atoms with Gasteiger partial charge in [-0.2, -0.15) is 13.2 Å². The van der Waals surface area contributed by atoms with Crippen LogP contribution >= 0.6 is 11.8 Å². The molecule has 0 spiro atoms. The number of aromatic nitrogens is 1. The highest BCUT2D eigenvalue weighted by Gasteiger charge is 2.30. The van der Waals surface area contributed by atoms with E-state index in [1.54, 1.807) is 0 Å². The summed E-state index contributed by atoms with van der Waals surface area (Å²) in [4.78, 5) is 13.7. The van der Waals surface area contributed by atoms with Crippen LogP contribution < -0.4 is 5.32 Å². The zero-order valence-electron chi connectivity index (χ0n) is 8.49. The maximum Gasteiger partial charge on any atom is 0.417 e. The number of thioether (sulfide) groups is 1. The third-order valence-electron chi connectivity index (χ3n) is 1.67. The van der Waals surface area contributed by atoms with Crippen molar-refractivity contribution in [2.75, 3.05) is 16.9 Å². The molecule has 0 bridgehead atoms. The van der Waals surface area contributed by atoms with Crippen molar-refractivity contribution in [1.82, 2.24) is 4.98 Å². The summed E-state index contributed by atoms with van der Waals surface area (Å²) in [6.07, 6.45) is -3.67. The van der Waals surface area contributed by atoms with Gasteiger partial charge in [0.25, 0.3) is 0 Å². The molecule has 0 aliphatic carbocycles. The number of carboxylic acid groups (broad SMARTS) is 1. The van der Waals surface area contributed by atoms with E-state index in [9.17, 15) is 18.0 Å². The topological polar surface area (TPSA) is 62.2 Å². The second kappa shape index (κ2) is 5.76. The Morgan fingerprint density at radius 2 is 2.18 bits per heavy atom. The van der Waals surface area contributed by atoms with Gasteiger partial charge in [0.15, 0.2) is 0 Å². The molecule has 0 saturated heterocycles. The minimum absolute atomic E-state index is 0.0758. The Morgan fingerprint density at radius 1 is 1.47 bits per heavy atom. The maximum absolute atomic E-state index is 12.2. The number of carboxylic acids is 1. The lowest BCUT2D eigenvalue weighted by atomic mass is 10.3. The molecule has 0 fully saturated rings. The van der Waals surface area contributed by atoms with Crippen molar-refractivity contribution in [3.8, 4) is 0 Å². The number of alkyl halides is 3. The number of rotatable bonds is 5. The lowest BCUT2D eigenvalue weighted by molar-refractivity contribution is -0.138. The highest BCUT2D eigenvalue weighted by atomic mass is 32.2. The third kappa shape index (κ3) is 4.94. The summed E-state index contributed by atoms with van der Waals surface area (Å²) in [5.41, 5.74) is -0.818. The highest BCUT2D eigenvalue weighted by molar-refractivity contribution is 8.00. The van der Waals surface area contributed by atoms with Crippen LogP contribution in [0.15, 0.2) is 18.3 Å².